The van der Waals surface area contributed by atoms with Crippen LogP contribution in [-0.2, 0) is 4.79 Å². The van der Waals surface area contributed by atoms with Gasteiger partial charge in [-0.25, -0.2) is 0 Å². The van der Waals surface area contributed by atoms with Gasteiger partial charge in [0, 0.05) is 19.3 Å². The number of nitrogens with two attached hydrogens (primary N) is 1. The van der Waals surface area contributed by atoms with Gasteiger partial charge in [-0.2, -0.15) is 5.10 Å². The molecule has 1 saturated heterocycles. The van der Waals surface area contributed by atoms with E-state index in [1.165, 1.54) is 0 Å². The van der Waals surface area contributed by atoms with Crippen molar-refractivity contribution in [1.82, 2.24) is 14.7 Å². The highest BCUT2D eigenvalue weighted by atomic mass is 16.2. The van der Waals surface area contributed by atoms with Crippen LogP contribution in [-0.4, -0.2) is 39.7 Å². The number of hydrogen-bond acceptors (Lipinski definition) is 3. The van der Waals surface area contributed by atoms with Gasteiger partial charge in [-0.3, -0.25) is 9.48 Å². The predicted octanol–water partition coefficient (Wildman–Crippen LogP) is 1.09. The number of aromatic nitrogens is 2. The first kappa shape index (κ1) is 13.1. The Bertz CT molecular complexity index is 415. The summed E-state index contributed by atoms with van der Waals surface area (Å²) in [5.41, 5.74) is 6.98. The molecule has 0 bridgehead atoms. The first-order chi connectivity index (χ1) is 8.61. The summed E-state index contributed by atoms with van der Waals surface area (Å²) >= 11 is 0. The predicted molar refractivity (Wildman–Crippen MR) is 70.1 cm³/mol. The van der Waals surface area contributed by atoms with Crippen molar-refractivity contribution in [3.8, 4) is 0 Å². The summed E-state index contributed by atoms with van der Waals surface area (Å²) in [4.78, 5) is 14.0. The number of hydrogen-bond donors (Lipinski definition) is 1. The SMILES string of the molecule is CC[C@H](N)C(=O)N1CCCC(n2cc(C)cn2)C1. The fraction of sp³-hybridized carbons (Fsp3) is 0.692. The van der Waals surface area contributed by atoms with Crippen molar-refractivity contribution in [2.45, 2.75) is 45.2 Å². The molecule has 1 aromatic rings. The third-order valence-corrected chi connectivity index (χ3v) is 3.57. The van der Waals surface area contributed by atoms with Gasteiger partial charge < -0.3 is 10.6 Å². The number of nitrogens with zero attached hydrogens (tertiary/aromatic N) is 3. The van der Waals surface area contributed by atoms with Crippen LogP contribution < -0.4 is 5.73 Å². The number of rotatable bonds is 3. The van der Waals surface area contributed by atoms with Crippen molar-refractivity contribution in [1.29, 1.82) is 0 Å². The van der Waals surface area contributed by atoms with Gasteiger partial charge in [0.15, 0.2) is 0 Å². The number of carbonyl (C=O) groups is 1. The highest BCUT2D eigenvalue weighted by molar-refractivity contribution is 5.81. The Kier molecular flexibility index (Phi) is 4.01. The molecule has 1 aliphatic rings. The Morgan fingerprint density at radius 3 is 3.06 bits per heavy atom. The normalized spacial score (nSPS) is 21.9. The smallest absolute Gasteiger partial charge is 0.239 e. The maximum Gasteiger partial charge on any atom is 0.239 e. The van der Waals surface area contributed by atoms with Gasteiger partial charge in [0.1, 0.15) is 0 Å². The second-order valence-corrected chi connectivity index (χ2v) is 5.09. The maximum absolute atomic E-state index is 12.1. The van der Waals surface area contributed by atoms with Crippen LogP contribution >= 0.6 is 0 Å². The van der Waals surface area contributed by atoms with E-state index in [4.69, 9.17) is 5.73 Å². The molecule has 1 fully saturated rings. The second kappa shape index (κ2) is 5.52. The van der Waals surface area contributed by atoms with E-state index in [1.54, 1.807) is 0 Å². The summed E-state index contributed by atoms with van der Waals surface area (Å²) in [7, 11) is 0. The van der Waals surface area contributed by atoms with Gasteiger partial charge in [-0.15, -0.1) is 0 Å². The van der Waals surface area contributed by atoms with Crippen LogP contribution in [0.5, 0.6) is 0 Å². The lowest BCUT2D eigenvalue weighted by Crippen LogP contribution is -2.48. The molecule has 5 heteroatoms. The highest BCUT2D eigenvalue weighted by Gasteiger charge is 2.27. The van der Waals surface area contributed by atoms with Crippen molar-refractivity contribution < 1.29 is 4.79 Å². The monoisotopic (exact) mass is 250 g/mol. The lowest BCUT2D eigenvalue weighted by atomic mass is 10.0. The summed E-state index contributed by atoms with van der Waals surface area (Å²) < 4.78 is 1.98. The van der Waals surface area contributed by atoms with Crippen LogP contribution in [0.15, 0.2) is 12.4 Å². The topological polar surface area (TPSA) is 64.2 Å². The molecule has 2 heterocycles. The van der Waals surface area contributed by atoms with E-state index in [1.807, 2.05) is 35.8 Å². The van der Waals surface area contributed by atoms with Crippen molar-refractivity contribution in [2.24, 2.45) is 5.73 Å². The van der Waals surface area contributed by atoms with E-state index in [0.717, 1.165) is 31.5 Å². The number of amides is 1. The van der Waals surface area contributed by atoms with Crippen LogP contribution in [0, 0.1) is 6.92 Å². The summed E-state index contributed by atoms with van der Waals surface area (Å²) in [5, 5.41) is 4.35. The van der Waals surface area contributed by atoms with E-state index in [-0.39, 0.29) is 11.9 Å². The molecule has 0 aromatic carbocycles. The largest absolute Gasteiger partial charge is 0.339 e. The molecule has 0 aliphatic carbocycles. The molecule has 1 aromatic heterocycles. The van der Waals surface area contributed by atoms with Crippen LogP contribution in [0.2, 0.25) is 0 Å². The molecule has 1 aliphatic heterocycles. The zero-order chi connectivity index (χ0) is 13.1. The summed E-state index contributed by atoms with van der Waals surface area (Å²) in [5.74, 6) is 0.0751. The van der Waals surface area contributed by atoms with Crippen molar-refractivity contribution in [3.05, 3.63) is 18.0 Å². The number of piperidine rings is 1. The quantitative estimate of drug-likeness (QED) is 0.873. The number of likely N-dealkylation sites (tertiary alicyclic amines) is 1. The highest BCUT2D eigenvalue weighted by Crippen LogP contribution is 2.21. The van der Waals surface area contributed by atoms with Crippen LogP contribution in [0.3, 0.4) is 0 Å². The van der Waals surface area contributed by atoms with Crippen molar-refractivity contribution in [3.63, 3.8) is 0 Å². The lowest BCUT2D eigenvalue weighted by Gasteiger charge is -2.34. The van der Waals surface area contributed by atoms with Crippen LogP contribution in [0.4, 0.5) is 0 Å². The lowest BCUT2D eigenvalue weighted by molar-refractivity contribution is -0.134. The minimum atomic E-state index is -0.358. The Morgan fingerprint density at radius 1 is 1.67 bits per heavy atom. The molecule has 0 radical (unpaired) electrons. The molecule has 18 heavy (non-hydrogen) atoms. The molecule has 5 nitrogen and oxygen atoms in total. The molecule has 1 amide bonds. The van der Waals surface area contributed by atoms with E-state index in [9.17, 15) is 4.79 Å². The molecule has 2 N–H and O–H groups in total. The molecule has 100 valence electrons. The molecule has 2 atom stereocenters. The Hall–Kier alpha value is -1.36. The first-order valence-corrected chi connectivity index (χ1v) is 6.67. The van der Waals surface area contributed by atoms with E-state index in [2.05, 4.69) is 5.10 Å². The average Bonchev–Trinajstić information content (AvgIpc) is 2.84. The van der Waals surface area contributed by atoms with Gasteiger partial charge in [-0.05, 0) is 31.7 Å². The molecular weight excluding hydrogens is 228 g/mol. The fourth-order valence-electron chi connectivity index (χ4n) is 2.41. The number of aryl methyl sites for hydroxylation is 1. The summed E-state index contributed by atoms with van der Waals surface area (Å²) in [6.07, 6.45) is 6.69. The number of carbonyl (C=O) groups excluding carboxylic acids is 1. The van der Waals surface area contributed by atoms with Crippen LogP contribution in [0.25, 0.3) is 0 Å². The van der Waals surface area contributed by atoms with Gasteiger partial charge >= 0.3 is 0 Å². The Balaban J connectivity index is 2.02. The van der Waals surface area contributed by atoms with Crippen molar-refractivity contribution in [2.75, 3.05) is 13.1 Å². The van der Waals surface area contributed by atoms with Gasteiger partial charge in [0.05, 0.1) is 18.3 Å². The molecule has 0 spiro atoms. The summed E-state index contributed by atoms with van der Waals surface area (Å²) in [6.45, 7) is 5.53. The van der Waals surface area contributed by atoms with E-state index >= 15 is 0 Å². The Labute approximate surface area is 108 Å². The van der Waals surface area contributed by atoms with Gasteiger partial charge in [0.2, 0.25) is 5.91 Å². The third-order valence-electron chi connectivity index (χ3n) is 3.57. The minimum absolute atomic E-state index is 0.0751. The van der Waals surface area contributed by atoms with Gasteiger partial charge in [-0.1, -0.05) is 6.92 Å². The van der Waals surface area contributed by atoms with E-state index in [0.29, 0.717) is 12.5 Å². The molecule has 1 unspecified atom stereocenters. The van der Waals surface area contributed by atoms with E-state index < -0.39 is 0 Å². The summed E-state index contributed by atoms with van der Waals surface area (Å²) in [6, 6.07) is -0.0661. The average molecular weight is 250 g/mol. The maximum atomic E-state index is 12.1. The van der Waals surface area contributed by atoms with Gasteiger partial charge in [0.25, 0.3) is 0 Å². The Morgan fingerprint density at radius 2 is 2.44 bits per heavy atom. The molecule has 0 saturated carbocycles. The second-order valence-electron chi connectivity index (χ2n) is 5.09. The van der Waals surface area contributed by atoms with Crippen molar-refractivity contribution >= 4 is 5.91 Å². The zero-order valence-electron chi connectivity index (χ0n) is 11.2. The fourth-order valence-corrected chi connectivity index (χ4v) is 2.41. The molecular formula is C13H22N4O. The van der Waals surface area contributed by atoms with Crippen LogP contribution in [0.1, 0.15) is 37.8 Å². The third kappa shape index (κ3) is 2.72. The standard InChI is InChI=1S/C13H22N4O/c1-3-12(14)13(18)16-6-4-5-11(9-16)17-8-10(2)7-15-17/h7-8,11-12H,3-6,9,14H2,1-2H3/t11?,12-/m0/s1. The minimum Gasteiger partial charge on any atom is -0.339 e. The zero-order valence-corrected chi connectivity index (χ0v) is 11.2. The first-order valence-electron chi connectivity index (χ1n) is 6.67. The molecule has 2 rings (SSSR count).